The second kappa shape index (κ2) is 14.0. The minimum atomic E-state index is -0.702. The van der Waals surface area contributed by atoms with E-state index in [4.69, 9.17) is 9.47 Å². The Labute approximate surface area is 252 Å². The lowest BCUT2D eigenvalue weighted by Gasteiger charge is -2.32. The maximum atomic E-state index is 14.0. The standard InChI is InChI=1S/C34H41BrN2O4/c1-34(2,3)26-17-18-31(29(35)21-26)41-23-32(38)37(22-25-13-10-16-28(19-25)40-4)30(20-24-11-6-5-7-12-24)33(39)36-27-14-8-9-15-27/h5-7,10-13,16-19,21,27,30H,8-9,14-15,20,22-23H2,1-4H3,(H,36,39). The lowest BCUT2D eigenvalue weighted by Crippen LogP contribution is -2.53. The number of benzene rings is 3. The van der Waals surface area contributed by atoms with Crippen molar-refractivity contribution >= 4 is 27.7 Å². The molecule has 1 saturated carbocycles. The average Bonchev–Trinajstić information content (AvgIpc) is 3.47. The van der Waals surface area contributed by atoms with Crippen molar-refractivity contribution in [1.29, 1.82) is 0 Å². The van der Waals surface area contributed by atoms with E-state index in [0.29, 0.717) is 17.9 Å². The third-order valence-corrected chi connectivity index (χ3v) is 8.23. The van der Waals surface area contributed by atoms with Crippen molar-refractivity contribution < 1.29 is 19.1 Å². The zero-order valence-electron chi connectivity index (χ0n) is 24.5. The molecule has 0 aliphatic heterocycles. The summed E-state index contributed by atoms with van der Waals surface area (Å²) in [5.41, 5.74) is 3.01. The zero-order valence-corrected chi connectivity index (χ0v) is 26.1. The Morgan fingerprint density at radius 1 is 0.976 bits per heavy atom. The van der Waals surface area contributed by atoms with Gasteiger partial charge in [-0.3, -0.25) is 9.59 Å². The average molecular weight is 622 g/mol. The van der Waals surface area contributed by atoms with Gasteiger partial charge in [-0.1, -0.05) is 82.1 Å². The van der Waals surface area contributed by atoms with Gasteiger partial charge in [0, 0.05) is 19.0 Å². The smallest absolute Gasteiger partial charge is 0.261 e. The van der Waals surface area contributed by atoms with Crippen LogP contribution in [-0.2, 0) is 28.0 Å². The number of methoxy groups -OCH3 is 1. The molecule has 0 heterocycles. The molecule has 3 aromatic carbocycles. The van der Waals surface area contributed by atoms with Crippen LogP contribution in [0.2, 0.25) is 0 Å². The van der Waals surface area contributed by atoms with Crippen LogP contribution in [0.3, 0.4) is 0 Å². The Bertz CT molecular complexity index is 1320. The molecule has 3 aromatic rings. The lowest BCUT2D eigenvalue weighted by atomic mass is 9.87. The molecule has 218 valence electrons. The van der Waals surface area contributed by atoms with Crippen LogP contribution < -0.4 is 14.8 Å². The van der Waals surface area contributed by atoms with Crippen molar-refractivity contribution in [2.75, 3.05) is 13.7 Å². The van der Waals surface area contributed by atoms with Crippen molar-refractivity contribution in [3.05, 3.63) is 94.0 Å². The zero-order chi connectivity index (χ0) is 29.4. The molecule has 1 atom stereocenters. The minimum absolute atomic E-state index is 0.0122. The summed E-state index contributed by atoms with van der Waals surface area (Å²) in [6, 6.07) is 22.8. The van der Waals surface area contributed by atoms with Crippen LogP contribution in [0.4, 0.5) is 0 Å². The summed E-state index contributed by atoms with van der Waals surface area (Å²) in [4.78, 5) is 29.5. The Kier molecular flexibility index (Phi) is 10.5. The summed E-state index contributed by atoms with van der Waals surface area (Å²) in [6.45, 7) is 6.51. The SMILES string of the molecule is COc1cccc(CN(C(=O)COc2ccc(C(C)(C)C)cc2Br)C(Cc2ccccc2)C(=O)NC2CCCC2)c1. The maximum absolute atomic E-state index is 14.0. The summed E-state index contributed by atoms with van der Waals surface area (Å²) in [5, 5.41) is 3.24. The molecule has 1 unspecified atom stereocenters. The van der Waals surface area contributed by atoms with Crippen LogP contribution in [0.1, 0.15) is 63.1 Å². The van der Waals surface area contributed by atoms with Gasteiger partial charge in [-0.25, -0.2) is 0 Å². The minimum Gasteiger partial charge on any atom is -0.497 e. The number of nitrogens with one attached hydrogen (secondary N) is 1. The number of hydrogen-bond acceptors (Lipinski definition) is 4. The van der Waals surface area contributed by atoms with Gasteiger partial charge in [0.1, 0.15) is 17.5 Å². The molecule has 0 spiro atoms. The Morgan fingerprint density at radius 3 is 2.34 bits per heavy atom. The highest BCUT2D eigenvalue weighted by Gasteiger charge is 2.32. The molecule has 0 saturated heterocycles. The van der Waals surface area contributed by atoms with Gasteiger partial charge in [0.05, 0.1) is 11.6 Å². The monoisotopic (exact) mass is 620 g/mol. The summed E-state index contributed by atoms with van der Waals surface area (Å²) in [7, 11) is 1.62. The fraction of sp³-hybridized carbons (Fsp3) is 0.412. The normalized spacial score (nSPS) is 14.4. The molecule has 0 bridgehead atoms. The molecular formula is C34H41BrN2O4. The first-order chi connectivity index (χ1) is 19.6. The summed E-state index contributed by atoms with van der Waals surface area (Å²) >= 11 is 3.61. The molecule has 1 fully saturated rings. The number of rotatable bonds is 11. The molecule has 1 N–H and O–H groups in total. The lowest BCUT2D eigenvalue weighted by molar-refractivity contribution is -0.143. The Morgan fingerprint density at radius 2 is 1.68 bits per heavy atom. The predicted molar refractivity (Wildman–Crippen MR) is 166 cm³/mol. The third kappa shape index (κ3) is 8.59. The molecule has 0 radical (unpaired) electrons. The third-order valence-electron chi connectivity index (χ3n) is 7.61. The molecule has 2 amide bonds. The van der Waals surface area contributed by atoms with Crippen molar-refractivity contribution in [2.45, 2.75) is 76.9 Å². The number of halogens is 1. The van der Waals surface area contributed by atoms with Gasteiger partial charge >= 0.3 is 0 Å². The fourth-order valence-electron chi connectivity index (χ4n) is 5.20. The van der Waals surface area contributed by atoms with E-state index in [1.807, 2.05) is 72.8 Å². The molecule has 7 heteroatoms. The first-order valence-electron chi connectivity index (χ1n) is 14.3. The first-order valence-corrected chi connectivity index (χ1v) is 15.1. The van der Waals surface area contributed by atoms with E-state index in [1.54, 1.807) is 12.0 Å². The maximum Gasteiger partial charge on any atom is 0.261 e. The summed E-state index contributed by atoms with van der Waals surface area (Å²) in [6.07, 6.45) is 4.55. The van der Waals surface area contributed by atoms with Gasteiger partial charge in [-0.15, -0.1) is 0 Å². The van der Waals surface area contributed by atoms with E-state index >= 15 is 0 Å². The van der Waals surface area contributed by atoms with Crippen LogP contribution >= 0.6 is 15.9 Å². The Hall–Kier alpha value is -3.32. The quantitative estimate of drug-likeness (QED) is 0.255. The fourth-order valence-corrected chi connectivity index (χ4v) is 5.69. The van der Waals surface area contributed by atoms with Crippen LogP contribution in [0.5, 0.6) is 11.5 Å². The highest BCUT2D eigenvalue weighted by Crippen LogP contribution is 2.31. The Balaban J connectivity index is 1.62. The van der Waals surface area contributed by atoms with E-state index in [0.717, 1.165) is 46.8 Å². The topological polar surface area (TPSA) is 67.9 Å². The molecular weight excluding hydrogens is 580 g/mol. The molecule has 6 nitrogen and oxygen atoms in total. The van der Waals surface area contributed by atoms with Crippen LogP contribution in [0.15, 0.2) is 77.3 Å². The number of carbonyl (C=O) groups excluding carboxylic acids is 2. The van der Waals surface area contributed by atoms with Crippen molar-refractivity contribution in [3.63, 3.8) is 0 Å². The highest BCUT2D eigenvalue weighted by atomic mass is 79.9. The number of amides is 2. The summed E-state index contributed by atoms with van der Waals surface area (Å²) < 4.78 is 12.3. The molecule has 1 aliphatic rings. The van der Waals surface area contributed by atoms with E-state index in [9.17, 15) is 9.59 Å². The van der Waals surface area contributed by atoms with E-state index in [-0.39, 0.29) is 36.4 Å². The van der Waals surface area contributed by atoms with E-state index in [1.165, 1.54) is 0 Å². The number of ether oxygens (including phenoxy) is 2. The van der Waals surface area contributed by atoms with Crippen LogP contribution in [-0.4, -0.2) is 42.5 Å². The summed E-state index contributed by atoms with van der Waals surface area (Å²) in [5.74, 6) is 0.890. The number of carbonyl (C=O) groups is 2. The number of hydrogen-bond donors (Lipinski definition) is 1. The largest absolute Gasteiger partial charge is 0.497 e. The van der Waals surface area contributed by atoms with E-state index in [2.05, 4.69) is 42.0 Å². The van der Waals surface area contributed by atoms with Gasteiger partial charge in [0.2, 0.25) is 5.91 Å². The van der Waals surface area contributed by atoms with Crippen molar-refractivity contribution in [2.24, 2.45) is 0 Å². The molecule has 1 aliphatic carbocycles. The van der Waals surface area contributed by atoms with Gasteiger partial charge in [-0.05, 0) is 75.1 Å². The predicted octanol–water partition coefficient (Wildman–Crippen LogP) is 6.83. The van der Waals surface area contributed by atoms with Crippen LogP contribution in [0, 0.1) is 0 Å². The first kappa shape index (κ1) is 30.6. The second-order valence-corrected chi connectivity index (χ2v) is 12.6. The molecule has 0 aromatic heterocycles. The molecule has 4 rings (SSSR count). The van der Waals surface area contributed by atoms with Gasteiger partial charge in [-0.2, -0.15) is 0 Å². The van der Waals surface area contributed by atoms with E-state index < -0.39 is 6.04 Å². The molecule has 41 heavy (non-hydrogen) atoms. The van der Waals surface area contributed by atoms with Gasteiger partial charge in [0.15, 0.2) is 6.61 Å². The van der Waals surface area contributed by atoms with Gasteiger partial charge < -0.3 is 19.7 Å². The van der Waals surface area contributed by atoms with Crippen LogP contribution in [0.25, 0.3) is 0 Å². The van der Waals surface area contributed by atoms with Crippen molar-refractivity contribution in [3.8, 4) is 11.5 Å². The highest BCUT2D eigenvalue weighted by molar-refractivity contribution is 9.10. The second-order valence-electron chi connectivity index (χ2n) is 11.8. The van der Waals surface area contributed by atoms with Crippen molar-refractivity contribution in [1.82, 2.24) is 10.2 Å². The number of nitrogens with zero attached hydrogens (tertiary/aromatic N) is 1. The van der Waals surface area contributed by atoms with Gasteiger partial charge in [0.25, 0.3) is 5.91 Å².